The molecule has 0 aliphatic carbocycles. The van der Waals surface area contributed by atoms with Gasteiger partial charge in [-0.05, 0) is 47.8 Å². The van der Waals surface area contributed by atoms with Crippen LogP contribution in [-0.2, 0) is 10.0 Å². The maximum Gasteiger partial charge on any atom is 0.244 e. The summed E-state index contributed by atoms with van der Waals surface area (Å²) < 4.78 is 27.7. The van der Waals surface area contributed by atoms with Gasteiger partial charge in [0.2, 0.25) is 10.0 Å². The van der Waals surface area contributed by atoms with Crippen LogP contribution in [0.5, 0.6) is 0 Å². The molecule has 2 rings (SSSR count). The van der Waals surface area contributed by atoms with E-state index in [1.807, 2.05) is 6.92 Å². The van der Waals surface area contributed by atoms with Gasteiger partial charge in [-0.3, -0.25) is 0 Å². The lowest BCUT2D eigenvalue weighted by atomic mass is 10.00. The number of benzene rings is 1. The molecule has 2 atom stereocenters. The van der Waals surface area contributed by atoms with Gasteiger partial charge in [-0.15, -0.1) is 0 Å². The molecule has 0 bridgehead atoms. The first-order chi connectivity index (χ1) is 9.35. The number of nitrogens with zero attached hydrogens (tertiary/aromatic N) is 1. The summed E-state index contributed by atoms with van der Waals surface area (Å²) in [6.07, 6.45) is 2.67. The van der Waals surface area contributed by atoms with Gasteiger partial charge in [-0.2, -0.15) is 4.31 Å². The van der Waals surface area contributed by atoms with Crippen molar-refractivity contribution in [3.05, 3.63) is 27.7 Å². The van der Waals surface area contributed by atoms with Gasteiger partial charge in [0.05, 0.1) is 14.4 Å². The molecule has 1 saturated heterocycles. The number of nitrogens with two attached hydrogens (primary N) is 1. The third kappa shape index (κ3) is 3.04. The topological polar surface area (TPSA) is 63.4 Å². The average Bonchev–Trinajstić information content (AvgIpc) is 2.41. The Morgan fingerprint density at radius 1 is 1.45 bits per heavy atom. The molecular weight excluding hydrogens is 364 g/mol. The van der Waals surface area contributed by atoms with Crippen LogP contribution in [-0.4, -0.2) is 31.4 Å². The lowest BCUT2D eigenvalue weighted by Crippen LogP contribution is -2.51. The van der Waals surface area contributed by atoms with Gasteiger partial charge < -0.3 is 5.73 Å². The molecular formula is C13H18BrClN2O2S. The smallest absolute Gasteiger partial charge is 0.244 e. The summed E-state index contributed by atoms with van der Waals surface area (Å²) in [6, 6.07) is 4.52. The van der Waals surface area contributed by atoms with Crippen LogP contribution in [0.3, 0.4) is 0 Å². The minimum absolute atomic E-state index is 0.153. The summed E-state index contributed by atoms with van der Waals surface area (Å²) in [4.78, 5) is 0.206. The highest BCUT2D eigenvalue weighted by Gasteiger charge is 2.36. The fraction of sp³-hybridized carbons (Fsp3) is 0.538. The zero-order valence-electron chi connectivity index (χ0n) is 11.2. The first kappa shape index (κ1) is 16.2. The largest absolute Gasteiger partial charge is 0.326 e. The second kappa shape index (κ2) is 6.32. The summed E-state index contributed by atoms with van der Waals surface area (Å²) >= 11 is 9.27. The molecule has 1 aliphatic rings. The van der Waals surface area contributed by atoms with Crippen LogP contribution in [0.4, 0.5) is 0 Å². The Morgan fingerprint density at radius 3 is 2.80 bits per heavy atom. The van der Waals surface area contributed by atoms with Crippen LogP contribution in [0, 0.1) is 0 Å². The van der Waals surface area contributed by atoms with E-state index in [9.17, 15) is 8.42 Å². The molecule has 20 heavy (non-hydrogen) atoms. The Balaban J connectivity index is 2.45. The van der Waals surface area contributed by atoms with Gasteiger partial charge in [-0.25, -0.2) is 8.42 Å². The summed E-state index contributed by atoms with van der Waals surface area (Å²) in [5.41, 5.74) is 5.96. The monoisotopic (exact) mass is 380 g/mol. The molecule has 0 amide bonds. The lowest BCUT2D eigenvalue weighted by molar-refractivity contribution is 0.227. The minimum Gasteiger partial charge on any atom is -0.326 e. The highest BCUT2D eigenvalue weighted by atomic mass is 79.9. The molecule has 7 heteroatoms. The Hall–Kier alpha value is -0.140. The van der Waals surface area contributed by atoms with E-state index in [0.717, 1.165) is 19.3 Å². The molecule has 1 heterocycles. The normalized spacial score (nSPS) is 22.7. The highest BCUT2D eigenvalue weighted by Crippen LogP contribution is 2.34. The molecule has 0 aromatic heterocycles. The van der Waals surface area contributed by atoms with E-state index < -0.39 is 10.0 Å². The predicted molar refractivity (Wildman–Crippen MR) is 84.3 cm³/mol. The quantitative estimate of drug-likeness (QED) is 0.875. The summed E-state index contributed by atoms with van der Waals surface area (Å²) in [5.74, 6) is 0. The van der Waals surface area contributed by atoms with E-state index in [-0.39, 0.29) is 17.0 Å². The molecule has 0 saturated carbocycles. The van der Waals surface area contributed by atoms with Gasteiger partial charge in [0, 0.05) is 18.6 Å². The van der Waals surface area contributed by atoms with Crippen molar-refractivity contribution in [2.75, 3.05) is 6.54 Å². The maximum atomic E-state index is 12.9. The number of piperidine rings is 1. The van der Waals surface area contributed by atoms with Crippen LogP contribution < -0.4 is 5.73 Å². The Morgan fingerprint density at radius 2 is 2.15 bits per heavy atom. The molecule has 0 radical (unpaired) electrons. The number of hydrogen-bond donors (Lipinski definition) is 1. The molecule has 2 N–H and O–H groups in total. The lowest BCUT2D eigenvalue weighted by Gasteiger charge is -2.37. The van der Waals surface area contributed by atoms with Crippen LogP contribution in [0.15, 0.2) is 27.6 Å². The van der Waals surface area contributed by atoms with Crippen molar-refractivity contribution in [1.29, 1.82) is 0 Å². The number of halogens is 2. The molecule has 112 valence electrons. The molecule has 1 fully saturated rings. The molecule has 4 nitrogen and oxygen atoms in total. The van der Waals surface area contributed by atoms with E-state index in [1.165, 1.54) is 4.31 Å². The Bertz CT molecular complexity index is 592. The van der Waals surface area contributed by atoms with Crippen LogP contribution in [0.1, 0.15) is 26.2 Å². The first-order valence-electron chi connectivity index (χ1n) is 6.57. The SMILES string of the molecule is CC(N)C1CCCCN1S(=O)(=O)c1cccc(Cl)c1Br. The number of sulfonamides is 1. The van der Waals surface area contributed by atoms with Crippen molar-refractivity contribution in [2.24, 2.45) is 5.73 Å². The van der Waals surface area contributed by atoms with Crippen LogP contribution in [0.2, 0.25) is 5.02 Å². The molecule has 1 aliphatic heterocycles. The third-order valence-electron chi connectivity index (χ3n) is 3.61. The van der Waals surface area contributed by atoms with E-state index in [1.54, 1.807) is 18.2 Å². The highest BCUT2D eigenvalue weighted by molar-refractivity contribution is 9.10. The fourth-order valence-electron chi connectivity index (χ4n) is 2.56. The Labute approximate surface area is 133 Å². The van der Waals surface area contributed by atoms with Crippen molar-refractivity contribution in [1.82, 2.24) is 4.31 Å². The summed E-state index contributed by atoms with van der Waals surface area (Å²) in [5, 5.41) is 0.389. The summed E-state index contributed by atoms with van der Waals surface area (Å²) in [6.45, 7) is 2.36. The summed E-state index contributed by atoms with van der Waals surface area (Å²) in [7, 11) is -3.59. The van der Waals surface area contributed by atoms with Gasteiger partial charge in [-0.1, -0.05) is 24.1 Å². The van der Waals surface area contributed by atoms with Gasteiger partial charge in [0.25, 0.3) is 0 Å². The van der Waals surface area contributed by atoms with E-state index in [4.69, 9.17) is 17.3 Å². The van der Waals surface area contributed by atoms with E-state index in [0.29, 0.717) is 16.0 Å². The first-order valence-corrected chi connectivity index (χ1v) is 9.18. The fourth-order valence-corrected chi connectivity index (χ4v) is 5.54. The zero-order chi connectivity index (χ0) is 14.9. The van der Waals surface area contributed by atoms with Crippen LogP contribution >= 0.6 is 27.5 Å². The molecule has 1 aromatic rings. The number of rotatable bonds is 3. The van der Waals surface area contributed by atoms with Gasteiger partial charge in [0.15, 0.2) is 0 Å². The van der Waals surface area contributed by atoms with Crippen LogP contribution in [0.25, 0.3) is 0 Å². The second-order valence-corrected chi connectivity index (χ2v) is 8.15. The standard InChI is InChI=1S/C13H18BrClN2O2S/c1-9(16)11-6-2-3-8-17(11)20(18,19)12-7-4-5-10(15)13(12)14/h4-5,7,9,11H,2-3,6,8,16H2,1H3. The van der Waals surface area contributed by atoms with Crippen molar-refractivity contribution in [3.8, 4) is 0 Å². The van der Waals surface area contributed by atoms with Gasteiger partial charge in [0.1, 0.15) is 0 Å². The minimum atomic E-state index is -3.59. The van der Waals surface area contributed by atoms with Crippen molar-refractivity contribution < 1.29 is 8.42 Å². The van der Waals surface area contributed by atoms with E-state index >= 15 is 0 Å². The van der Waals surface area contributed by atoms with Gasteiger partial charge >= 0.3 is 0 Å². The third-order valence-corrected chi connectivity index (χ3v) is 7.23. The molecule has 2 unspecified atom stereocenters. The van der Waals surface area contributed by atoms with Crippen molar-refractivity contribution >= 4 is 37.6 Å². The Kier molecular flexibility index (Phi) is 5.13. The second-order valence-electron chi connectivity index (χ2n) is 5.09. The number of hydrogen-bond acceptors (Lipinski definition) is 3. The maximum absolute atomic E-state index is 12.9. The van der Waals surface area contributed by atoms with Crippen molar-refractivity contribution in [3.63, 3.8) is 0 Å². The van der Waals surface area contributed by atoms with Crippen molar-refractivity contribution in [2.45, 2.75) is 43.2 Å². The average molecular weight is 382 g/mol. The molecule has 0 spiro atoms. The predicted octanol–water partition coefficient (Wildman–Crippen LogP) is 2.99. The van der Waals surface area contributed by atoms with E-state index in [2.05, 4.69) is 15.9 Å². The zero-order valence-corrected chi connectivity index (χ0v) is 14.4. The molecule has 1 aromatic carbocycles.